The minimum Gasteiger partial charge on any atom is -0.480 e. The monoisotopic (exact) mass is 375 g/mol. The maximum atomic E-state index is 11.1. The van der Waals surface area contributed by atoms with Crippen LogP contribution in [0.3, 0.4) is 0 Å². The minimum absolute atomic E-state index is 0.118. The van der Waals surface area contributed by atoms with E-state index in [2.05, 4.69) is 27.8 Å². The Hall–Kier alpha value is -1.85. The van der Waals surface area contributed by atoms with Crippen LogP contribution in [0, 0.1) is 13.8 Å². The van der Waals surface area contributed by atoms with Crippen molar-refractivity contribution in [1.29, 1.82) is 0 Å². The maximum absolute atomic E-state index is 11.1. The van der Waals surface area contributed by atoms with E-state index in [1.165, 1.54) is 11.3 Å². The molecule has 1 aromatic carbocycles. The van der Waals surface area contributed by atoms with E-state index in [0.29, 0.717) is 11.1 Å². The van der Waals surface area contributed by atoms with Crippen LogP contribution in [0.4, 0.5) is 5.69 Å². The minimum atomic E-state index is -0.754. The average molecular weight is 376 g/mol. The van der Waals surface area contributed by atoms with E-state index in [4.69, 9.17) is 16.7 Å². The zero-order valence-corrected chi connectivity index (χ0v) is 16.4. The van der Waals surface area contributed by atoms with Gasteiger partial charge in [-0.2, -0.15) is 0 Å². The molecule has 0 bridgehead atoms. The summed E-state index contributed by atoms with van der Waals surface area (Å²) in [5, 5.41) is 10.9. The number of likely N-dealkylation sites (N-methyl/N-ethyl adjacent to an activating group) is 1. The molecule has 3 rings (SSSR count). The molecule has 0 spiro atoms. The van der Waals surface area contributed by atoms with Crippen LogP contribution in [0.5, 0.6) is 0 Å². The molecular formula is C20H26ClN3O2. The number of halogens is 1. The molecule has 1 N–H and O–H groups in total. The number of pyridine rings is 1. The Morgan fingerprint density at radius 1 is 1.35 bits per heavy atom. The number of aliphatic carboxylic acids is 1. The van der Waals surface area contributed by atoms with E-state index >= 15 is 0 Å². The van der Waals surface area contributed by atoms with Gasteiger partial charge in [0.25, 0.3) is 0 Å². The number of piperidine rings is 1. The number of benzene rings is 1. The first-order valence-electron chi connectivity index (χ1n) is 9.18. The number of hydrogen-bond acceptors (Lipinski definition) is 4. The lowest BCUT2D eigenvalue weighted by atomic mass is 9.99. The van der Waals surface area contributed by atoms with Crippen molar-refractivity contribution in [3.63, 3.8) is 0 Å². The van der Waals surface area contributed by atoms with Gasteiger partial charge in [-0.3, -0.25) is 14.7 Å². The van der Waals surface area contributed by atoms with Crippen molar-refractivity contribution in [1.82, 2.24) is 9.88 Å². The molecule has 0 saturated carbocycles. The lowest BCUT2D eigenvalue weighted by Crippen LogP contribution is -2.46. The number of aromatic nitrogens is 1. The summed E-state index contributed by atoms with van der Waals surface area (Å²) >= 11 is 6.38. The number of carbonyl (C=O) groups is 1. The van der Waals surface area contributed by atoms with Crippen molar-refractivity contribution < 1.29 is 9.90 Å². The van der Waals surface area contributed by atoms with Gasteiger partial charge in [-0.05, 0) is 44.9 Å². The normalized spacial score (nSPS) is 15.8. The lowest BCUT2D eigenvalue weighted by Gasteiger charge is -2.39. The van der Waals surface area contributed by atoms with Gasteiger partial charge in [0.05, 0.1) is 22.8 Å². The summed E-state index contributed by atoms with van der Waals surface area (Å²) in [5.41, 5.74) is 4.27. The molecule has 2 heterocycles. The Labute approximate surface area is 159 Å². The fourth-order valence-electron chi connectivity index (χ4n) is 3.98. The summed E-state index contributed by atoms with van der Waals surface area (Å²) in [6.45, 7) is 8.88. The summed E-state index contributed by atoms with van der Waals surface area (Å²) in [6.07, 6.45) is 1.92. The van der Waals surface area contributed by atoms with Crippen molar-refractivity contribution in [3.8, 4) is 0 Å². The highest BCUT2D eigenvalue weighted by atomic mass is 35.5. The van der Waals surface area contributed by atoms with Crippen LogP contribution >= 0.6 is 11.6 Å². The Balaban J connectivity index is 1.87. The number of carboxylic acids is 1. The van der Waals surface area contributed by atoms with E-state index in [1.54, 1.807) is 0 Å². The van der Waals surface area contributed by atoms with Crippen molar-refractivity contribution in [2.75, 3.05) is 31.1 Å². The summed E-state index contributed by atoms with van der Waals surface area (Å²) in [7, 11) is 0. The second-order valence-corrected chi connectivity index (χ2v) is 7.39. The topological polar surface area (TPSA) is 56.7 Å². The van der Waals surface area contributed by atoms with Gasteiger partial charge in [0.15, 0.2) is 0 Å². The molecule has 1 saturated heterocycles. The van der Waals surface area contributed by atoms with E-state index in [0.717, 1.165) is 49.1 Å². The quantitative estimate of drug-likeness (QED) is 0.859. The van der Waals surface area contributed by atoms with Gasteiger partial charge in [0.2, 0.25) is 0 Å². The number of aryl methyl sites for hydroxylation is 1. The number of carboxylic acid groups (broad SMARTS) is 1. The third-order valence-electron chi connectivity index (χ3n) is 5.46. The Bertz CT molecular complexity index is 816. The standard InChI is InChI=1S/C20H26ClN3O2/c1-4-23(12-18(25)26)15-8-10-24(11-9-15)20-13(2)14(3)22-19-16(20)6-5-7-17(19)21/h5-7,15H,4,8-12H2,1-3H3,(H,25,26). The van der Waals surface area contributed by atoms with Crippen molar-refractivity contribution in [3.05, 3.63) is 34.5 Å². The van der Waals surface area contributed by atoms with Crippen LogP contribution in [0.15, 0.2) is 18.2 Å². The first-order valence-corrected chi connectivity index (χ1v) is 9.56. The number of rotatable bonds is 5. The zero-order chi connectivity index (χ0) is 18.8. The summed E-state index contributed by atoms with van der Waals surface area (Å²) < 4.78 is 0. The number of para-hydroxylation sites is 1. The van der Waals surface area contributed by atoms with Crippen molar-refractivity contribution in [2.45, 2.75) is 39.7 Å². The van der Waals surface area contributed by atoms with Gasteiger partial charge in [0, 0.05) is 30.2 Å². The third-order valence-corrected chi connectivity index (χ3v) is 5.77. The predicted octanol–water partition coefficient (Wildman–Crippen LogP) is 3.88. The molecule has 140 valence electrons. The molecule has 0 radical (unpaired) electrons. The number of nitrogens with zero attached hydrogens (tertiary/aromatic N) is 3. The summed E-state index contributed by atoms with van der Waals surface area (Å²) in [5.74, 6) is -0.754. The molecule has 1 aliphatic heterocycles. The molecule has 1 aliphatic rings. The fraction of sp³-hybridized carbons (Fsp3) is 0.500. The van der Waals surface area contributed by atoms with Crippen LogP contribution in [-0.4, -0.2) is 53.2 Å². The third kappa shape index (κ3) is 3.64. The Morgan fingerprint density at radius 2 is 2.04 bits per heavy atom. The van der Waals surface area contributed by atoms with Gasteiger partial charge in [-0.1, -0.05) is 30.7 Å². The molecule has 0 unspecified atom stereocenters. The maximum Gasteiger partial charge on any atom is 0.317 e. The number of anilines is 1. The largest absolute Gasteiger partial charge is 0.480 e. The van der Waals surface area contributed by atoms with Gasteiger partial charge in [0.1, 0.15) is 0 Å². The fourth-order valence-corrected chi connectivity index (χ4v) is 4.20. The molecule has 2 aromatic rings. The van der Waals surface area contributed by atoms with Gasteiger partial charge in [-0.25, -0.2) is 0 Å². The van der Waals surface area contributed by atoms with Crippen LogP contribution in [0.2, 0.25) is 5.02 Å². The highest BCUT2D eigenvalue weighted by Crippen LogP contribution is 2.36. The van der Waals surface area contributed by atoms with Gasteiger partial charge < -0.3 is 10.0 Å². The molecule has 26 heavy (non-hydrogen) atoms. The first-order chi connectivity index (χ1) is 12.4. The lowest BCUT2D eigenvalue weighted by molar-refractivity contribution is -0.139. The highest BCUT2D eigenvalue weighted by molar-refractivity contribution is 6.35. The van der Waals surface area contributed by atoms with Gasteiger partial charge >= 0.3 is 5.97 Å². The SMILES string of the molecule is CCN(CC(=O)O)C1CCN(c2c(C)c(C)nc3c(Cl)cccc23)CC1. The molecule has 5 nitrogen and oxygen atoms in total. The molecule has 6 heteroatoms. The summed E-state index contributed by atoms with van der Waals surface area (Å²) in [4.78, 5) is 20.3. The molecular weight excluding hydrogens is 350 g/mol. The Morgan fingerprint density at radius 3 is 2.65 bits per heavy atom. The van der Waals surface area contributed by atoms with Crippen molar-refractivity contribution >= 4 is 34.2 Å². The van der Waals surface area contributed by atoms with Crippen LogP contribution in [0.1, 0.15) is 31.0 Å². The number of hydrogen-bond donors (Lipinski definition) is 1. The molecule has 1 fully saturated rings. The second kappa shape index (κ2) is 7.80. The number of fused-ring (bicyclic) bond motifs is 1. The van der Waals surface area contributed by atoms with E-state index in [9.17, 15) is 4.79 Å². The van der Waals surface area contributed by atoms with Crippen molar-refractivity contribution in [2.24, 2.45) is 0 Å². The van der Waals surface area contributed by atoms with E-state index in [-0.39, 0.29) is 6.54 Å². The first kappa shape index (κ1) is 18.9. The highest BCUT2D eigenvalue weighted by Gasteiger charge is 2.27. The summed E-state index contributed by atoms with van der Waals surface area (Å²) in [6, 6.07) is 6.27. The second-order valence-electron chi connectivity index (χ2n) is 6.98. The van der Waals surface area contributed by atoms with E-state index in [1.807, 2.05) is 26.0 Å². The molecule has 0 atom stereocenters. The molecule has 1 aromatic heterocycles. The average Bonchev–Trinajstić information content (AvgIpc) is 2.62. The predicted molar refractivity (Wildman–Crippen MR) is 106 cm³/mol. The van der Waals surface area contributed by atoms with Crippen LogP contribution in [-0.2, 0) is 4.79 Å². The van der Waals surface area contributed by atoms with Gasteiger partial charge in [-0.15, -0.1) is 0 Å². The van der Waals surface area contributed by atoms with Crippen LogP contribution < -0.4 is 4.90 Å². The Kier molecular flexibility index (Phi) is 5.68. The zero-order valence-electron chi connectivity index (χ0n) is 15.6. The van der Waals surface area contributed by atoms with Crippen LogP contribution in [0.25, 0.3) is 10.9 Å². The smallest absolute Gasteiger partial charge is 0.317 e. The molecule has 0 amide bonds. The molecule has 0 aliphatic carbocycles. The van der Waals surface area contributed by atoms with E-state index < -0.39 is 5.97 Å².